The second-order valence-corrected chi connectivity index (χ2v) is 8.16. The van der Waals surface area contributed by atoms with Crippen LogP contribution in [0.5, 0.6) is 5.88 Å². The van der Waals surface area contributed by atoms with Crippen LogP contribution < -0.4 is 5.69 Å². The van der Waals surface area contributed by atoms with Crippen molar-refractivity contribution in [2.45, 2.75) is 25.9 Å². The topological polar surface area (TPSA) is 77.9 Å². The van der Waals surface area contributed by atoms with Gasteiger partial charge in [0.05, 0.1) is 23.3 Å². The monoisotopic (exact) mass is 427 g/mol. The van der Waals surface area contributed by atoms with Crippen molar-refractivity contribution in [2.24, 2.45) is 13.0 Å². The third-order valence-corrected chi connectivity index (χ3v) is 5.96. The molecule has 1 aliphatic carbocycles. The smallest absolute Gasteiger partial charge is 0.331 e. The molecule has 0 saturated heterocycles. The maximum absolute atomic E-state index is 14.9. The first-order valence-electron chi connectivity index (χ1n) is 9.68. The first kappa shape index (κ1) is 18.9. The Morgan fingerprint density at radius 1 is 1.23 bits per heavy atom. The number of hydrogen-bond donors (Lipinski definition) is 1. The maximum atomic E-state index is 14.9. The number of benzene rings is 2. The highest BCUT2D eigenvalue weighted by atomic mass is 35.5. The van der Waals surface area contributed by atoms with Gasteiger partial charge in [0.1, 0.15) is 11.3 Å². The average Bonchev–Trinajstić information content (AvgIpc) is 3.40. The molecule has 1 fully saturated rings. The second-order valence-electron chi connectivity index (χ2n) is 7.78. The lowest BCUT2D eigenvalue weighted by atomic mass is 10.0. The first-order chi connectivity index (χ1) is 14.4. The van der Waals surface area contributed by atoms with Crippen LogP contribution in [0.3, 0.4) is 0 Å². The molecule has 0 amide bonds. The van der Waals surface area contributed by atoms with Gasteiger partial charge in [-0.2, -0.15) is 0 Å². The van der Waals surface area contributed by atoms with E-state index in [-0.39, 0.29) is 18.1 Å². The Hall–Kier alpha value is -3.13. The molecule has 0 radical (unpaired) electrons. The molecule has 5 rings (SSSR count). The molecule has 7 nitrogen and oxygen atoms in total. The summed E-state index contributed by atoms with van der Waals surface area (Å²) in [6, 6.07) is 8.41. The Bertz CT molecular complexity index is 1340. The number of aromatic nitrogens is 5. The van der Waals surface area contributed by atoms with Gasteiger partial charge in [-0.15, -0.1) is 5.10 Å². The van der Waals surface area contributed by atoms with E-state index in [0.717, 1.165) is 16.6 Å². The molecule has 0 aliphatic heterocycles. The molecule has 1 aliphatic rings. The normalized spacial score (nSPS) is 14.0. The Labute approximate surface area is 175 Å². The molecule has 9 heteroatoms. The maximum Gasteiger partial charge on any atom is 0.331 e. The van der Waals surface area contributed by atoms with E-state index in [0.29, 0.717) is 33.1 Å². The van der Waals surface area contributed by atoms with Crippen molar-refractivity contribution in [1.82, 2.24) is 24.1 Å². The lowest BCUT2D eigenvalue weighted by molar-refractivity contribution is 0.429. The van der Waals surface area contributed by atoms with Gasteiger partial charge in [-0.3, -0.25) is 9.13 Å². The summed E-state index contributed by atoms with van der Waals surface area (Å²) >= 11 is 6.57. The third kappa shape index (κ3) is 3.17. The quantitative estimate of drug-likeness (QED) is 0.528. The standard InChI is InChI=1S/C21H19ClFN5O2/c1-26-18(29)11-27(21(26)30)9-13-4-5-14(16(23)8-13)15-6-7-17-20(19(15)22)24-25-28(17)10-12-2-3-12/h4-8,11-12,29H,2-3,9-10H2,1H3. The van der Waals surface area contributed by atoms with Crippen LogP contribution in [-0.4, -0.2) is 29.2 Å². The van der Waals surface area contributed by atoms with Crippen molar-refractivity contribution in [3.05, 3.63) is 63.4 Å². The van der Waals surface area contributed by atoms with Crippen LogP contribution in [-0.2, 0) is 20.1 Å². The minimum Gasteiger partial charge on any atom is -0.493 e. The van der Waals surface area contributed by atoms with Crippen molar-refractivity contribution >= 4 is 22.6 Å². The molecule has 0 bridgehead atoms. The molecule has 154 valence electrons. The highest BCUT2D eigenvalue weighted by Gasteiger charge is 2.24. The molecular weight excluding hydrogens is 409 g/mol. The lowest BCUT2D eigenvalue weighted by Gasteiger charge is -2.09. The molecule has 2 aromatic carbocycles. The van der Waals surface area contributed by atoms with E-state index in [1.807, 2.05) is 10.7 Å². The molecule has 30 heavy (non-hydrogen) atoms. The minimum atomic E-state index is -0.452. The number of fused-ring (bicyclic) bond motifs is 1. The predicted octanol–water partition coefficient (Wildman–Crippen LogP) is 3.55. The summed E-state index contributed by atoms with van der Waals surface area (Å²) in [6.45, 7) is 0.969. The van der Waals surface area contributed by atoms with E-state index < -0.39 is 5.82 Å². The van der Waals surface area contributed by atoms with Gasteiger partial charge in [0, 0.05) is 24.7 Å². The summed E-state index contributed by atoms with van der Waals surface area (Å²) in [5, 5.41) is 18.4. The van der Waals surface area contributed by atoms with E-state index >= 15 is 0 Å². The summed E-state index contributed by atoms with van der Waals surface area (Å²) in [6.07, 6.45) is 3.74. The van der Waals surface area contributed by atoms with Crippen LogP contribution in [0.1, 0.15) is 18.4 Å². The van der Waals surface area contributed by atoms with Gasteiger partial charge in [-0.05, 0) is 36.5 Å². The third-order valence-electron chi connectivity index (χ3n) is 5.58. The Morgan fingerprint density at radius 3 is 2.67 bits per heavy atom. The van der Waals surface area contributed by atoms with E-state index in [1.54, 1.807) is 18.2 Å². The van der Waals surface area contributed by atoms with Gasteiger partial charge >= 0.3 is 5.69 Å². The summed E-state index contributed by atoms with van der Waals surface area (Å²) in [5.74, 6) is 0.0524. The van der Waals surface area contributed by atoms with Crippen LogP contribution in [0, 0.1) is 11.7 Å². The zero-order valence-corrected chi connectivity index (χ0v) is 17.0. The van der Waals surface area contributed by atoms with Gasteiger partial charge in [-0.25, -0.2) is 13.9 Å². The zero-order valence-electron chi connectivity index (χ0n) is 16.2. The van der Waals surface area contributed by atoms with Crippen LogP contribution in [0.2, 0.25) is 5.02 Å². The minimum absolute atomic E-state index is 0.146. The predicted molar refractivity (Wildman–Crippen MR) is 111 cm³/mol. The fourth-order valence-corrected chi connectivity index (χ4v) is 3.95. The molecule has 4 aromatic rings. The van der Waals surface area contributed by atoms with Crippen LogP contribution >= 0.6 is 11.6 Å². The Balaban J connectivity index is 1.48. The van der Waals surface area contributed by atoms with Crippen molar-refractivity contribution in [3.63, 3.8) is 0 Å². The van der Waals surface area contributed by atoms with Gasteiger partial charge in [0.25, 0.3) is 0 Å². The van der Waals surface area contributed by atoms with Gasteiger partial charge in [-0.1, -0.05) is 35.0 Å². The Morgan fingerprint density at radius 2 is 2.00 bits per heavy atom. The number of aromatic hydroxyl groups is 1. The van der Waals surface area contributed by atoms with Gasteiger partial charge < -0.3 is 5.11 Å². The molecule has 2 heterocycles. The fourth-order valence-electron chi connectivity index (χ4n) is 3.65. The lowest BCUT2D eigenvalue weighted by Crippen LogP contribution is -2.22. The van der Waals surface area contributed by atoms with Crippen molar-refractivity contribution in [2.75, 3.05) is 0 Å². The van der Waals surface area contributed by atoms with Gasteiger partial charge in [0.2, 0.25) is 5.88 Å². The fraction of sp³-hybridized carbons (Fsp3) is 0.286. The number of imidazole rings is 1. The number of halogens is 2. The summed E-state index contributed by atoms with van der Waals surface area (Å²) in [4.78, 5) is 12.0. The highest BCUT2D eigenvalue weighted by Crippen LogP contribution is 2.36. The molecular formula is C21H19ClFN5O2. The molecule has 0 unspecified atom stereocenters. The van der Waals surface area contributed by atoms with E-state index in [1.165, 1.54) is 36.7 Å². The molecule has 1 N–H and O–H groups in total. The SMILES string of the molecule is Cn1c(O)cn(Cc2ccc(-c3ccc4c(nnn4CC4CC4)c3Cl)c(F)c2)c1=O. The Kier molecular flexibility index (Phi) is 4.39. The number of hydrogen-bond acceptors (Lipinski definition) is 4. The average molecular weight is 428 g/mol. The summed E-state index contributed by atoms with van der Waals surface area (Å²) < 4.78 is 19.2. The summed E-state index contributed by atoms with van der Waals surface area (Å²) in [5.41, 5.74) is 2.52. The number of nitrogens with zero attached hydrogens (tertiary/aromatic N) is 5. The van der Waals surface area contributed by atoms with Crippen molar-refractivity contribution in [3.8, 4) is 17.0 Å². The summed E-state index contributed by atoms with van der Waals surface area (Å²) in [7, 11) is 1.47. The first-order valence-corrected chi connectivity index (χ1v) is 10.1. The van der Waals surface area contributed by atoms with Crippen LogP contribution in [0.4, 0.5) is 4.39 Å². The molecule has 0 spiro atoms. The van der Waals surface area contributed by atoms with Crippen molar-refractivity contribution < 1.29 is 9.50 Å². The van der Waals surface area contributed by atoms with Crippen molar-refractivity contribution in [1.29, 1.82) is 0 Å². The second kappa shape index (κ2) is 6.98. The van der Waals surface area contributed by atoms with Crippen LogP contribution in [0.25, 0.3) is 22.2 Å². The van der Waals surface area contributed by atoms with E-state index in [4.69, 9.17) is 11.6 Å². The molecule has 1 saturated carbocycles. The number of rotatable bonds is 5. The van der Waals surface area contributed by atoms with E-state index in [9.17, 15) is 14.3 Å². The van der Waals surface area contributed by atoms with E-state index in [2.05, 4.69) is 10.3 Å². The largest absolute Gasteiger partial charge is 0.493 e. The highest BCUT2D eigenvalue weighted by molar-refractivity contribution is 6.37. The zero-order chi connectivity index (χ0) is 21.0. The molecule has 0 atom stereocenters. The van der Waals surface area contributed by atoms with Crippen LogP contribution in [0.15, 0.2) is 41.3 Å². The molecule has 2 aromatic heterocycles. The van der Waals surface area contributed by atoms with Gasteiger partial charge in [0.15, 0.2) is 0 Å².